The second-order valence-electron chi connectivity index (χ2n) is 15.1. The molecule has 5 rings (SSSR count). The van der Waals surface area contributed by atoms with Crippen molar-refractivity contribution >= 4 is 23.9 Å². The zero-order valence-corrected chi connectivity index (χ0v) is 36.3. The van der Waals surface area contributed by atoms with Gasteiger partial charge in [0.1, 0.15) is 37.9 Å². The Labute approximate surface area is 368 Å². The lowest BCUT2D eigenvalue weighted by Gasteiger charge is -2.34. The lowest BCUT2D eigenvalue weighted by molar-refractivity contribution is -0.157. The number of esters is 4. The predicted molar refractivity (Wildman–Crippen MR) is 237 cm³/mol. The van der Waals surface area contributed by atoms with Crippen LogP contribution in [-0.2, 0) is 53.0 Å². The van der Waals surface area contributed by atoms with Crippen LogP contribution < -0.4 is 9.47 Å². The molecule has 0 bridgehead atoms. The molecule has 0 amide bonds. The summed E-state index contributed by atoms with van der Waals surface area (Å²) in [6, 6.07) is 32.8. The summed E-state index contributed by atoms with van der Waals surface area (Å²) in [6.45, 7) is 20.8. The highest BCUT2D eigenvalue weighted by atomic mass is 16.6. The second-order valence-corrected chi connectivity index (χ2v) is 15.1. The van der Waals surface area contributed by atoms with Gasteiger partial charge in [0.2, 0.25) is 0 Å². The van der Waals surface area contributed by atoms with E-state index in [0.29, 0.717) is 11.5 Å². The minimum absolute atomic E-state index is 0.0185. The van der Waals surface area contributed by atoms with Crippen molar-refractivity contribution in [3.63, 3.8) is 0 Å². The van der Waals surface area contributed by atoms with Crippen molar-refractivity contribution < 1.29 is 57.1 Å². The SMILES string of the molecule is C=C(C)C(=O)OCC(COCCOc1ccc(C2(c3ccc(OCCOCC(COC(=O)C(=C)C)OC(=O)C(=C)C)cc3)c3ccccc3-c3ccccc32)cc1)OC(=O)C(=C)C. The van der Waals surface area contributed by atoms with Gasteiger partial charge in [-0.15, -0.1) is 0 Å². The van der Waals surface area contributed by atoms with Crippen molar-refractivity contribution in [2.75, 3.05) is 52.9 Å². The van der Waals surface area contributed by atoms with E-state index in [2.05, 4.69) is 87.0 Å². The van der Waals surface area contributed by atoms with Gasteiger partial charge in [-0.25, -0.2) is 19.2 Å². The third-order valence-corrected chi connectivity index (χ3v) is 9.87. The van der Waals surface area contributed by atoms with Gasteiger partial charge in [0.25, 0.3) is 0 Å². The third-order valence-electron chi connectivity index (χ3n) is 9.87. The van der Waals surface area contributed by atoms with Crippen LogP contribution in [0.2, 0.25) is 0 Å². The Hall–Kier alpha value is -6.76. The van der Waals surface area contributed by atoms with Crippen LogP contribution in [0.15, 0.2) is 146 Å². The zero-order valence-electron chi connectivity index (χ0n) is 36.3. The van der Waals surface area contributed by atoms with Crippen LogP contribution in [-0.4, -0.2) is 88.9 Å². The normalized spacial score (nSPS) is 13.0. The average Bonchev–Trinajstić information content (AvgIpc) is 3.57. The maximum absolute atomic E-state index is 12.2. The number of fused-ring (bicyclic) bond motifs is 3. The van der Waals surface area contributed by atoms with E-state index in [1.54, 1.807) is 0 Å². The molecule has 330 valence electrons. The van der Waals surface area contributed by atoms with Gasteiger partial charge in [0.05, 0.1) is 31.8 Å². The summed E-state index contributed by atoms with van der Waals surface area (Å²) >= 11 is 0. The molecule has 0 aliphatic heterocycles. The monoisotopic (exact) mass is 858 g/mol. The molecule has 0 spiro atoms. The molecule has 0 N–H and O–H groups in total. The Morgan fingerprint density at radius 3 is 1.16 bits per heavy atom. The number of carbonyl (C=O) groups is 4. The average molecular weight is 859 g/mol. The molecule has 1 aliphatic rings. The van der Waals surface area contributed by atoms with Crippen LogP contribution in [0.5, 0.6) is 11.5 Å². The molecule has 0 heterocycles. The minimum atomic E-state index is -0.836. The van der Waals surface area contributed by atoms with Crippen LogP contribution in [0.25, 0.3) is 11.1 Å². The first kappa shape index (κ1) is 47.3. The molecule has 63 heavy (non-hydrogen) atoms. The van der Waals surface area contributed by atoms with Gasteiger partial charge in [-0.2, -0.15) is 0 Å². The van der Waals surface area contributed by atoms with Gasteiger partial charge >= 0.3 is 23.9 Å². The van der Waals surface area contributed by atoms with Gasteiger partial charge in [-0.1, -0.05) is 99.1 Å². The van der Waals surface area contributed by atoms with Crippen LogP contribution in [0.1, 0.15) is 49.9 Å². The molecule has 0 radical (unpaired) electrons. The fourth-order valence-corrected chi connectivity index (χ4v) is 6.81. The lowest BCUT2D eigenvalue weighted by Crippen LogP contribution is -2.30. The fourth-order valence-electron chi connectivity index (χ4n) is 6.81. The quantitative estimate of drug-likeness (QED) is 0.0257. The molecule has 4 aromatic rings. The van der Waals surface area contributed by atoms with Crippen LogP contribution in [0.3, 0.4) is 0 Å². The van der Waals surface area contributed by atoms with Crippen molar-refractivity contribution in [2.45, 2.75) is 45.3 Å². The van der Waals surface area contributed by atoms with Crippen molar-refractivity contribution in [3.8, 4) is 22.6 Å². The molecule has 12 heteroatoms. The Morgan fingerprint density at radius 2 is 0.810 bits per heavy atom. The first-order valence-corrected chi connectivity index (χ1v) is 20.4. The molecule has 0 saturated heterocycles. The van der Waals surface area contributed by atoms with Crippen molar-refractivity contribution in [2.24, 2.45) is 0 Å². The van der Waals surface area contributed by atoms with E-state index in [1.165, 1.54) is 27.7 Å². The Morgan fingerprint density at radius 1 is 0.460 bits per heavy atom. The summed E-state index contributed by atoms with van der Waals surface area (Å²) in [7, 11) is 0. The standard InChI is InChI=1S/C51H54O12/c1-33(2)47(52)60-31-41(62-49(54)35(5)6)29-56-25-27-58-39-21-17-37(18-22-39)51(45-15-11-9-13-43(45)44-14-10-12-16-46(44)51)38-19-23-40(24-20-38)59-28-26-57-30-42(63-50(55)36(7)8)32-61-48(53)34(3)4/h9-24,41-42H,1,3,5,7,25-32H2,2,4,6,8H3. The van der Waals surface area contributed by atoms with E-state index in [4.69, 9.17) is 37.9 Å². The summed E-state index contributed by atoms with van der Waals surface area (Å²) < 4.78 is 44.7. The number of rotatable bonds is 24. The van der Waals surface area contributed by atoms with Gasteiger partial charge in [-0.3, -0.25) is 0 Å². The number of ether oxygens (including phenoxy) is 8. The Balaban J connectivity index is 1.25. The smallest absolute Gasteiger partial charge is 0.333 e. The molecule has 2 atom stereocenters. The Bertz CT molecular complexity index is 2140. The molecular weight excluding hydrogens is 805 g/mol. The van der Waals surface area contributed by atoms with E-state index in [1.807, 2.05) is 36.4 Å². The first-order chi connectivity index (χ1) is 30.2. The first-order valence-electron chi connectivity index (χ1n) is 20.4. The minimum Gasteiger partial charge on any atom is -0.491 e. The highest BCUT2D eigenvalue weighted by Crippen LogP contribution is 2.56. The van der Waals surface area contributed by atoms with Gasteiger partial charge in [-0.05, 0) is 85.3 Å². The van der Waals surface area contributed by atoms with Crippen LogP contribution >= 0.6 is 0 Å². The van der Waals surface area contributed by atoms with E-state index in [0.717, 1.165) is 33.4 Å². The molecule has 12 nitrogen and oxygen atoms in total. The fraction of sp³-hybridized carbons (Fsp3) is 0.294. The van der Waals surface area contributed by atoms with E-state index >= 15 is 0 Å². The van der Waals surface area contributed by atoms with E-state index in [9.17, 15) is 19.2 Å². The highest BCUT2D eigenvalue weighted by molar-refractivity contribution is 5.89. The van der Waals surface area contributed by atoms with Crippen LogP contribution in [0.4, 0.5) is 0 Å². The summed E-state index contributed by atoms with van der Waals surface area (Å²) in [4.78, 5) is 48.1. The van der Waals surface area contributed by atoms with Crippen LogP contribution in [0, 0.1) is 0 Å². The van der Waals surface area contributed by atoms with Gasteiger partial charge in [0.15, 0.2) is 12.2 Å². The molecule has 0 fully saturated rings. The summed E-state index contributed by atoms with van der Waals surface area (Å²) in [5, 5.41) is 0. The van der Waals surface area contributed by atoms with Gasteiger partial charge < -0.3 is 37.9 Å². The Kier molecular flexibility index (Phi) is 16.8. The van der Waals surface area contributed by atoms with Crippen molar-refractivity contribution in [1.29, 1.82) is 0 Å². The second kappa shape index (κ2) is 22.4. The summed E-state index contributed by atoms with van der Waals surface area (Å²) in [5.41, 5.74) is 6.86. The number of hydrogen-bond acceptors (Lipinski definition) is 12. The van der Waals surface area contributed by atoms with Crippen molar-refractivity contribution in [1.82, 2.24) is 0 Å². The highest BCUT2D eigenvalue weighted by Gasteiger charge is 2.45. The van der Waals surface area contributed by atoms with Crippen molar-refractivity contribution in [3.05, 3.63) is 168 Å². The molecule has 2 unspecified atom stereocenters. The lowest BCUT2D eigenvalue weighted by atomic mass is 9.68. The molecule has 0 saturated carbocycles. The number of hydrogen-bond donors (Lipinski definition) is 0. The number of benzene rings is 4. The van der Waals surface area contributed by atoms with E-state index < -0.39 is 41.5 Å². The van der Waals surface area contributed by atoms with Gasteiger partial charge in [0, 0.05) is 22.3 Å². The number of carbonyl (C=O) groups excluding carboxylic acids is 4. The largest absolute Gasteiger partial charge is 0.491 e. The molecular formula is C51H54O12. The summed E-state index contributed by atoms with van der Waals surface area (Å²) in [5.74, 6) is -1.14. The maximum Gasteiger partial charge on any atom is 0.333 e. The molecule has 4 aromatic carbocycles. The zero-order chi connectivity index (χ0) is 45.5. The third kappa shape index (κ3) is 12.2. The summed E-state index contributed by atoms with van der Waals surface area (Å²) in [6.07, 6.45) is -1.67. The molecule has 1 aliphatic carbocycles. The molecule has 0 aromatic heterocycles. The van der Waals surface area contributed by atoms with E-state index in [-0.39, 0.29) is 75.1 Å². The predicted octanol–water partition coefficient (Wildman–Crippen LogP) is 8.05. The topological polar surface area (TPSA) is 142 Å². The maximum atomic E-state index is 12.2.